The maximum atomic E-state index is 12.2. The summed E-state index contributed by atoms with van der Waals surface area (Å²) in [7, 11) is -1.84. The molecule has 1 fully saturated rings. The number of ether oxygens (including phenoxy) is 3. The van der Waals surface area contributed by atoms with Crippen LogP contribution in [0.15, 0.2) is 23.2 Å². The van der Waals surface area contributed by atoms with E-state index in [2.05, 4.69) is 20.3 Å². The molecule has 0 aromatic heterocycles. The third-order valence-corrected chi connectivity index (χ3v) is 5.83. The van der Waals surface area contributed by atoms with E-state index >= 15 is 0 Å². The Labute approximate surface area is 179 Å². The Bertz CT molecular complexity index is 779. The van der Waals surface area contributed by atoms with Gasteiger partial charge in [0.25, 0.3) is 0 Å². The number of methoxy groups -OCH3 is 1. The van der Waals surface area contributed by atoms with Crippen LogP contribution >= 0.6 is 0 Å². The first-order valence-corrected chi connectivity index (χ1v) is 12.1. The summed E-state index contributed by atoms with van der Waals surface area (Å²) in [5, 5.41) is 6.27. The fourth-order valence-electron chi connectivity index (χ4n) is 3.00. The van der Waals surface area contributed by atoms with Crippen LogP contribution in [0, 0.1) is 0 Å². The van der Waals surface area contributed by atoms with Gasteiger partial charge in [0.2, 0.25) is 10.0 Å². The van der Waals surface area contributed by atoms with Crippen molar-refractivity contribution in [1.82, 2.24) is 10.0 Å². The number of anilines is 1. The fraction of sp³-hybridized carbons (Fsp3) is 0.650. The van der Waals surface area contributed by atoms with Gasteiger partial charge in [0.15, 0.2) is 17.5 Å². The van der Waals surface area contributed by atoms with Gasteiger partial charge in [-0.1, -0.05) is 0 Å². The molecule has 3 N–H and O–H groups in total. The quantitative estimate of drug-likeness (QED) is 0.355. The third kappa shape index (κ3) is 8.37. The molecule has 0 aliphatic carbocycles. The van der Waals surface area contributed by atoms with E-state index in [1.54, 1.807) is 13.2 Å². The zero-order valence-corrected chi connectivity index (χ0v) is 18.9. The Morgan fingerprint density at radius 2 is 2.10 bits per heavy atom. The van der Waals surface area contributed by atoms with Crippen molar-refractivity contribution in [2.24, 2.45) is 4.99 Å². The van der Waals surface area contributed by atoms with E-state index in [0.29, 0.717) is 43.8 Å². The van der Waals surface area contributed by atoms with Gasteiger partial charge in [0.1, 0.15) is 0 Å². The summed E-state index contributed by atoms with van der Waals surface area (Å²) in [6, 6.07) is 5.47. The number of nitrogens with zero attached hydrogens (tertiary/aromatic N) is 1. The van der Waals surface area contributed by atoms with Crippen molar-refractivity contribution in [1.29, 1.82) is 0 Å². The molecule has 1 aromatic rings. The molecule has 2 rings (SSSR count). The van der Waals surface area contributed by atoms with E-state index in [1.165, 1.54) is 0 Å². The third-order valence-electron chi connectivity index (χ3n) is 4.51. The number of rotatable bonds is 11. The zero-order valence-electron chi connectivity index (χ0n) is 18.1. The molecule has 1 aliphatic rings. The van der Waals surface area contributed by atoms with Crippen molar-refractivity contribution >= 4 is 21.7 Å². The molecule has 1 atom stereocenters. The summed E-state index contributed by atoms with van der Waals surface area (Å²) < 4.78 is 43.6. The van der Waals surface area contributed by atoms with Gasteiger partial charge in [0.05, 0.1) is 32.1 Å². The molecular formula is C20H34N4O5S. The SMILES string of the molecule is CCNC(=NCCS(=O)(=O)NCC1CCCCO1)Nc1ccc(OCC)c(OC)c1. The van der Waals surface area contributed by atoms with Crippen molar-refractivity contribution < 1.29 is 22.6 Å². The van der Waals surface area contributed by atoms with Crippen LogP contribution in [0.2, 0.25) is 0 Å². The summed E-state index contributed by atoms with van der Waals surface area (Å²) in [6.45, 7) is 6.18. The molecule has 0 spiro atoms. The molecule has 1 heterocycles. The molecule has 1 unspecified atom stereocenters. The Balaban J connectivity index is 1.91. The van der Waals surface area contributed by atoms with Crippen LogP contribution in [0.1, 0.15) is 33.1 Å². The molecule has 1 aliphatic heterocycles. The highest BCUT2D eigenvalue weighted by Crippen LogP contribution is 2.30. The van der Waals surface area contributed by atoms with Crippen molar-refractivity contribution in [3.05, 3.63) is 18.2 Å². The highest BCUT2D eigenvalue weighted by molar-refractivity contribution is 7.89. The largest absolute Gasteiger partial charge is 0.493 e. The number of hydrogen-bond donors (Lipinski definition) is 3. The second kappa shape index (κ2) is 12.6. The molecule has 0 bridgehead atoms. The standard InChI is InChI=1S/C20H34N4O5S/c1-4-21-20(24-16-9-10-18(28-5-2)19(14-16)27-3)22-11-13-30(25,26)23-15-17-8-6-7-12-29-17/h9-10,14,17,23H,4-8,11-13,15H2,1-3H3,(H2,21,22,24). The van der Waals surface area contributed by atoms with Crippen molar-refractivity contribution in [2.45, 2.75) is 39.2 Å². The van der Waals surface area contributed by atoms with E-state index in [1.807, 2.05) is 26.0 Å². The van der Waals surface area contributed by atoms with E-state index in [4.69, 9.17) is 14.2 Å². The number of guanidine groups is 1. The summed E-state index contributed by atoms with van der Waals surface area (Å²) in [4.78, 5) is 4.37. The first-order valence-electron chi connectivity index (χ1n) is 10.4. The van der Waals surface area contributed by atoms with E-state index in [9.17, 15) is 8.42 Å². The van der Waals surface area contributed by atoms with Crippen LogP contribution in [0.4, 0.5) is 5.69 Å². The normalized spacial score (nSPS) is 17.4. The predicted octanol–water partition coefficient (Wildman–Crippen LogP) is 1.96. The lowest BCUT2D eigenvalue weighted by Crippen LogP contribution is -2.37. The minimum atomic E-state index is -3.42. The summed E-state index contributed by atoms with van der Waals surface area (Å²) >= 11 is 0. The van der Waals surface area contributed by atoms with Crippen LogP contribution in [-0.4, -0.2) is 66.2 Å². The minimum Gasteiger partial charge on any atom is -0.493 e. The Morgan fingerprint density at radius 1 is 1.27 bits per heavy atom. The van der Waals surface area contributed by atoms with Crippen LogP contribution in [-0.2, 0) is 14.8 Å². The van der Waals surface area contributed by atoms with Crippen LogP contribution < -0.4 is 24.8 Å². The van der Waals surface area contributed by atoms with Crippen molar-refractivity contribution in [2.75, 3.05) is 51.0 Å². The lowest BCUT2D eigenvalue weighted by Gasteiger charge is -2.22. The van der Waals surface area contributed by atoms with Gasteiger partial charge in [-0.3, -0.25) is 4.99 Å². The first-order chi connectivity index (χ1) is 14.5. The van der Waals surface area contributed by atoms with Gasteiger partial charge in [-0.2, -0.15) is 0 Å². The molecule has 30 heavy (non-hydrogen) atoms. The fourth-order valence-corrected chi connectivity index (χ4v) is 3.92. The molecule has 0 radical (unpaired) electrons. The molecular weight excluding hydrogens is 408 g/mol. The molecule has 9 nitrogen and oxygen atoms in total. The molecule has 170 valence electrons. The average molecular weight is 443 g/mol. The monoisotopic (exact) mass is 442 g/mol. The van der Waals surface area contributed by atoms with Crippen LogP contribution in [0.3, 0.4) is 0 Å². The number of hydrogen-bond acceptors (Lipinski definition) is 6. The van der Waals surface area contributed by atoms with E-state index < -0.39 is 10.0 Å². The summed E-state index contributed by atoms with van der Waals surface area (Å²) in [5.41, 5.74) is 0.755. The molecule has 0 saturated carbocycles. The molecule has 10 heteroatoms. The van der Waals surface area contributed by atoms with Gasteiger partial charge in [-0.05, 0) is 45.2 Å². The summed E-state index contributed by atoms with van der Waals surface area (Å²) in [5.74, 6) is 1.67. The molecule has 1 saturated heterocycles. The first kappa shape index (κ1) is 24.2. The minimum absolute atomic E-state index is 0.0364. The maximum absolute atomic E-state index is 12.2. The highest BCUT2D eigenvalue weighted by atomic mass is 32.2. The number of sulfonamides is 1. The van der Waals surface area contributed by atoms with Gasteiger partial charge in [-0.25, -0.2) is 13.1 Å². The molecule has 1 aromatic carbocycles. The average Bonchev–Trinajstić information content (AvgIpc) is 2.74. The Kier molecular flexibility index (Phi) is 10.2. The van der Waals surface area contributed by atoms with E-state index in [-0.39, 0.29) is 18.4 Å². The smallest absolute Gasteiger partial charge is 0.213 e. The van der Waals surface area contributed by atoms with Gasteiger partial charge in [-0.15, -0.1) is 0 Å². The van der Waals surface area contributed by atoms with Gasteiger partial charge < -0.3 is 24.8 Å². The zero-order chi connectivity index (χ0) is 21.8. The predicted molar refractivity (Wildman–Crippen MR) is 119 cm³/mol. The topological polar surface area (TPSA) is 110 Å². The van der Waals surface area contributed by atoms with Crippen LogP contribution in [0.5, 0.6) is 11.5 Å². The van der Waals surface area contributed by atoms with Gasteiger partial charge >= 0.3 is 0 Å². The van der Waals surface area contributed by atoms with E-state index in [0.717, 1.165) is 24.9 Å². The highest BCUT2D eigenvalue weighted by Gasteiger charge is 2.17. The second-order valence-corrected chi connectivity index (χ2v) is 8.77. The number of benzene rings is 1. The number of aliphatic imine (C=N–C) groups is 1. The number of nitrogens with one attached hydrogen (secondary N) is 3. The van der Waals surface area contributed by atoms with Crippen molar-refractivity contribution in [3.63, 3.8) is 0 Å². The van der Waals surface area contributed by atoms with Crippen LogP contribution in [0.25, 0.3) is 0 Å². The van der Waals surface area contributed by atoms with Crippen molar-refractivity contribution in [3.8, 4) is 11.5 Å². The lowest BCUT2D eigenvalue weighted by molar-refractivity contribution is 0.0200. The Hall–Kier alpha value is -2.04. The molecule has 0 amide bonds. The van der Waals surface area contributed by atoms with Gasteiger partial charge in [0, 0.05) is 31.5 Å². The lowest BCUT2D eigenvalue weighted by atomic mass is 10.1. The summed E-state index contributed by atoms with van der Waals surface area (Å²) in [6.07, 6.45) is 2.97. The maximum Gasteiger partial charge on any atom is 0.213 e. The Morgan fingerprint density at radius 3 is 2.77 bits per heavy atom. The second-order valence-electron chi connectivity index (χ2n) is 6.84.